The smallest absolute Gasteiger partial charge is 0.293 e. The third kappa shape index (κ3) is 5.40. The van der Waals surface area contributed by atoms with Gasteiger partial charge >= 0.3 is 0 Å². The van der Waals surface area contributed by atoms with E-state index in [1.54, 1.807) is 13.0 Å². The molecule has 1 saturated carbocycles. The lowest BCUT2D eigenvalue weighted by Crippen LogP contribution is -2.35. The molecule has 7 rings (SSSR count). The first-order valence-electron chi connectivity index (χ1n) is 15.0. The van der Waals surface area contributed by atoms with E-state index in [0.717, 1.165) is 18.2 Å². The Morgan fingerprint density at radius 1 is 1.06 bits per heavy atom. The standard InChI is InChI=1S/C33H25F7N6O2/c1-2-26(47)20-8-15(3-4-22(20)36)18-11-23-25(12-41-44-23)43-29(18)24(7-14-5-16(34)9-17(35)6-14)42-27(48)13-46-31-28(30(45-46)32(37)38)19-10-21(19)33(31,39)40/h3-6,8-9,11-12,19,21,24,32H,2,7,10,13H2,1H3,(H,41,44)(H,42,48)/t19-,21?,24?/m0/s1. The van der Waals surface area contributed by atoms with Crippen molar-refractivity contribution in [2.24, 2.45) is 5.92 Å². The van der Waals surface area contributed by atoms with Crippen LogP contribution in [0.3, 0.4) is 0 Å². The number of nitrogens with one attached hydrogen (secondary N) is 2. The minimum atomic E-state index is -3.46. The maximum Gasteiger partial charge on any atom is 0.293 e. The molecule has 3 aromatic heterocycles. The average molecular weight is 671 g/mol. The van der Waals surface area contributed by atoms with Crippen LogP contribution in [0.25, 0.3) is 22.2 Å². The van der Waals surface area contributed by atoms with Gasteiger partial charge in [-0.1, -0.05) is 13.0 Å². The molecular formula is C33H25F7N6O2. The molecule has 2 aromatic carbocycles. The molecule has 0 bridgehead atoms. The monoisotopic (exact) mass is 670 g/mol. The predicted octanol–water partition coefficient (Wildman–Crippen LogP) is 7.08. The molecule has 8 nitrogen and oxygen atoms in total. The number of rotatable bonds is 10. The summed E-state index contributed by atoms with van der Waals surface area (Å²) in [7, 11) is 0. The molecule has 0 aliphatic heterocycles. The van der Waals surface area contributed by atoms with Crippen molar-refractivity contribution in [2.45, 2.75) is 57.0 Å². The predicted molar refractivity (Wildman–Crippen MR) is 157 cm³/mol. The minimum Gasteiger partial charge on any atom is -0.346 e. The first kappa shape index (κ1) is 31.5. The Kier molecular flexibility index (Phi) is 7.59. The number of hydrogen-bond donors (Lipinski definition) is 2. The molecule has 15 heteroatoms. The third-order valence-electron chi connectivity index (χ3n) is 8.84. The summed E-state index contributed by atoms with van der Waals surface area (Å²) < 4.78 is 102. The second-order valence-corrected chi connectivity index (χ2v) is 12.0. The summed E-state index contributed by atoms with van der Waals surface area (Å²) in [6.07, 6.45) is -1.97. The van der Waals surface area contributed by atoms with Crippen LogP contribution in [0.15, 0.2) is 48.7 Å². The molecule has 248 valence electrons. The molecule has 0 radical (unpaired) electrons. The number of nitrogens with zero attached hydrogens (tertiary/aromatic N) is 4. The highest BCUT2D eigenvalue weighted by Gasteiger charge is 2.67. The van der Waals surface area contributed by atoms with Crippen LogP contribution >= 0.6 is 0 Å². The molecule has 0 saturated heterocycles. The SMILES string of the molecule is CCC(=O)c1cc(-c2cc3[nH]ncc3nc2C(Cc2cc(F)cc(F)c2)NC(=O)Cn2nc(C(F)F)c3c2C(F)(F)C2C[C@H]32)ccc1F. The number of halogens is 7. The van der Waals surface area contributed by atoms with Crippen LogP contribution in [0.1, 0.15) is 76.7 Å². The Labute approximate surface area is 267 Å². The van der Waals surface area contributed by atoms with Gasteiger partial charge in [0.15, 0.2) is 5.78 Å². The normalized spacial score (nSPS) is 18.2. The number of benzene rings is 2. The summed E-state index contributed by atoms with van der Waals surface area (Å²) in [4.78, 5) is 30.8. The van der Waals surface area contributed by atoms with Crippen LogP contribution in [0.5, 0.6) is 0 Å². The maximum atomic E-state index is 15.2. The molecule has 2 aliphatic rings. The Bertz CT molecular complexity index is 2090. The van der Waals surface area contributed by atoms with Crippen LogP contribution in [0, 0.1) is 23.4 Å². The molecule has 1 amide bonds. The molecule has 2 aliphatic carbocycles. The van der Waals surface area contributed by atoms with Crippen molar-refractivity contribution in [3.05, 3.63) is 99.9 Å². The van der Waals surface area contributed by atoms with E-state index in [-0.39, 0.29) is 47.2 Å². The van der Waals surface area contributed by atoms with Gasteiger partial charge in [-0.05, 0) is 60.2 Å². The Morgan fingerprint density at radius 2 is 1.81 bits per heavy atom. The highest BCUT2D eigenvalue weighted by atomic mass is 19.3. The van der Waals surface area contributed by atoms with Crippen molar-refractivity contribution < 1.29 is 40.3 Å². The van der Waals surface area contributed by atoms with E-state index in [1.807, 2.05) is 0 Å². The molecule has 5 aromatic rings. The van der Waals surface area contributed by atoms with E-state index in [4.69, 9.17) is 0 Å². The lowest BCUT2D eigenvalue weighted by molar-refractivity contribution is -0.123. The van der Waals surface area contributed by atoms with Crippen LogP contribution in [0.2, 0.25) is 0 Å². The van der Waals surface area contributed by atoms with Gasteiger partial charge in [-0.15, -0.1) is 0 Å². The van der Waals surface area contributed by atoms with Gasteiger partial charge in [0.1, 0.15) is 40.9 Å². The lowest BCUT2D eigenvalue weighted by atomic mass is 9.93. The van der Waals surface area contributed by atoms with Gasteiger partial charge in [0.2, 0.25) is 5.91 Å². The van der Waals surface area contributed by atoms with Crippen molar-refractivity contribution in [3.8, 4) is 11.1 Å². The van der Waals surface area contributed by atoms with Crippen LogP contribution in [-0.4, -0.2) is 36.7 Å². The van der Waals surface area contributed by atoms with Crippen LogP contribution < -0.4 is 5.32 Å². The molecule has 0 spiro atoms. The summed E-state index contributed by atoms with van der Waals surface area (Å²) >= 11 is 0. The highest BCUT2D eigenvalue weighted by Crippen LogP contribution is 2.68. The van der Waals surface area contributed by atoms with Crippen molar-refractivity contribution in [1.29, 1.82) is 0 Å². The molecule has 2 unspecified atom stereocenters. The first-order chi connectivity index (χ1) is 22.8. The van der Waals surface area contributed by atoms with Gasteiger partial charge in [0.05, 0.1) is 29.0 Å². The number of carbonyl (C=O) groups is 2. The van der Waals surface area contributed by atoms with E-state index in [9.17, 15) is 31.5 Å². The topological polar surface area (TPSA) is 106 Å². The zero-order valence-corrected chi connectivity index (χ0v) is 25.0. The summed E-state index contributed by atoms with van der Waals surface area (Å²) in [5.74, 6) is -9.33. The number of fused-ring (bicyclic) bond motifs is 4. The highest BCUT2D eigenvalue weighted by molar-refractivity contribution is 5.97. The molecule has 1 fully saturated rings. The molecular weight excluding hydrogens is 645 g/mol. The zero-order chi connectivity index (χ0) is 34.1. The summed E-state index contributed by atoms with van der Waals surface area (Å²) in [5.41, 5.74) is -0.422. The van der Waals surface area contributed by atoms with Gasteiger partial charge in [-0.25, -0.2) is 26.9 Å². The fourth-order valence-electron chi connectivity index (χ4n) is 6.62. The van der Waals surface area contributed by atoms with E-state index in [2.05, 4.69) is 25.6 Å². The van der Waals surface area contributed by atoms with Crippen molar-refractivity contribution in [3.63, 3.8) is 0 Å². The van der Waals surface area contributed by atoms with Crippen LogP contribution in [-0.2, 0) is 23.7 Å². The second kappa shape index (κ2) is 11.6. The van der Waals surface area contributed by atoms with Gasteiger partial charge in [-0.2, -0.15) is 19.0 Å². The first-order valence-corrected chi connectivity index (χ1v) is 15.0. The molecule has 3 heterocycles. The fourth-order valence-corrected chi connectivity index (χ4v) is 6.62. The molecule has 3 atom stereocenters. The number of Topliss-reactive ketones (excluding diaryl/α,β-unsaturated/α-hetero) is 1. The molecule has 48 heavy (non-hydrogen) atoms. The van der Waals surface area contributed by atoms with Gasteiger partial charge in [0.25, 0.3) is 12.3 Å². The average Bonchev–Trinajstić information content (AvgIpc) is 3.44. The van der Waals surface area contributed by atoms with Crippen molar-refractivity contribution in [2.75, 3.05) is 0 Å². The fraction of sp³-hybridized carbons (Fsp3) is 0.303. The van der Waals surface area contributed by atoms with Crippen molar-refractivity contribution in [1.82, 2.24) is 30.3 Å². The number of alkyl halides is 4. The Morgan fingerprint density at radius 3 is 2.52 bits per heavy atom. The lowest BCUT2D eigenvalue weighted by Gasteiger charge is -2.23. The Balaban J connectivity index is 1.32. The largest absolute Gasteiger partial charge is 0.346 e. The minimum absolute atomic E-state index is 0.0137. The van der Waals surface area contributed by atoms with Gasteiger partial charge in [-0.3, -0.25) is 19.4 Å². The van der Waals surface area contributed by atoms with Gasteiger partial charge < -0.3 is 5.32 Å². The summed E-state index contributed by atoms with van der Waals surface area (Å²) in [6.45, 7) is 0.701. The van der Waals surface area contributed by atoms with Crippen LogP contribution in [0.4, 0.5) is 30.7 Å². The summed E-state index contributed by atoms with van der Waals surface area (Å²) in [5, 5.41) is 13.1. The zero-order valence-electron chi connectivity index (χ0n) is 25.0. The number of pyridine rings is 1. The van der Waals surface area contributed by atoms with E-state index >= 15 is 8.78 Å². The van der Waals surface area contributed by atoms with E-state index in [0.29, 0.717) is 27.3 Å². The summed E-state index contributed by atoms with van der Waals surface area (Å²) in [6, 6.07) is 6.91. The number of carbonyl (C=O) groups excluding carboxylic acids is 2. The number of aromatic nitrogens is 5. The number of H-pyrrole nitrogens is 1. The number of hydrogen-bond acceptors (Lipinski definition) is 5. The number of amides is 1. The number of ketones is 1. The molecule has 2 N–H and O–H groups in total. The van der Waals surface area contributed by atoms with Crippen molar-refractivity contribution >= 4 is 22.7 Å². The quantitative estimate of drug-likeness (QED) is 0.122. The second-order valence-electron chi connectivity index (χ2n) is 12.0. The van der Waals surface area contributed by atoms with E-state index in [1.165, 1.54) is 18.3 Å². The third-order valence-corrected chi connectivity index (χ3v) is 8.84. The number of aromatic amines is 1. The van der Waals surface area contributed by atoms with Gasteiger partial charge in [0, 0.05) is 29.5 Å². The Hall–Kier alpha value is -5.08. The van der Waals surface area contributed by atoms with E-state index < -0.39 is 77.3 Å². The maximum absolute atomic E-state index is 15.2.